The van der Waals surface area contributed by atoms with Gasteiger partial charge in [-0.2, -0.15) is 5.26 Å². The highest BCUT2D eigenvalue weighted by Gasteiger charge is 2.15. The van der Waals surface area contributed by atoms with Gasteiger partial charge in [-0.25, -0.2) is 0 Å². The Morgan fingerprint density at radius 3 is 2.74 bits per heavy atom. The molecule has 23 heavy (non-hydrogen) atoms. The fourth-order valence-corrected chi connectivity index (χ4v) is 2.95. The molecule has 0 atom stereocenters. The summed E-state index contributed by atoms with van der Waals surface area (Å²) >= 11 is 1.28. The largest absolute Gasteiger partial charge is 0.493 e. The molecule has 0 aliphatic rings. The number of methoxy groups -OCH3 is 1. The van der Waals surface area contributed by atoms with E-state index in [4.69, 9.17) is 14.7 Å². The standard InChI is InChI=1S/C17H18N2O3S/c1-4-22-14-6-5-12(7-15(14)21-3)10-19(2)17(20)16-8-13(9-18)11-23-16/h5-8,11H,4,10H2,1-3H3. The minimum absolute atomic E-state index is 0.107. The van der Waals surface area contributed by atoms with Crippen LogP contribution in [0.4, 0.5) is 0 Å². The lowest BCUT2D eigenvalue weighted by Gasteiger charge is -2.17. The van der Waals surface area contributed by atoms with Gasteiger partial charge < -0.3 is 14.4 Å². The average molecular weight is 330 g/mol. The van der Waals surface area contributed by atoms with Gasteiger partial charge >= 0.3 is 0 Å². The van der Waals surface area contributed by atoms with Crippen molar-refractivity contribution in [2.45, 2.75) is 13.5 Å². The Hall–Kier alpha value is -2.52. The topological polar surface area (TPSA) is 62.6 Å². The molecule has 120 valence electrons. The van der Waals surface area contributed by atoms with Gasteiger partial charge in [0.25, 0.3) is 5.91 Å². The van der Waals surface area contributed by atoms with Crippen molar-refractivity contribution >= 4 is 17.2 Å². The molecular formula is C17H18N2O3S. The van der Waals surface area contributed by atoms with E-state index in [1.807, 2.05) is 31.2 Å². The van der Waals surface area contributed by atoms with Crippen LogP contribution in [0.1, 0.15) is 27.7 Å². The zero-order valence-electron chi connectivity index (χ0n) is 13.3. The third-order valence-corrected chi connectivity index (χ3v) is 4.15. The lowest BCUT2D eigenvalue weighted by molar-refractivity contribution is 0.0789. The maximum atomic E-state index is 12.4. The van der Waals surface area contributed by atoms with Gasteiger partial charge in [-0.1, -0.05) is 6.07 Å². The summed E-state index contributed by atoms with van der Waals surface area (Å²) in [5.74, 6) is 1.22. The second-order valence-electron chi connectivity index (χ2n) is 4.89. The number of carbonyl (C=O) groups is 1. The van der Waals surface area contributed by atoms with Crippen LogP contribution in [0, 0.1) is 11.3 Å². The molecule has 5 nitrogen and oxygen atoms in total. The van der Waals surface area contributed by atoms with Crippen LogP contribution >= 0.6 is 11.3 Å². The lowest BCUT2D eigenvalue weighted by atomic mass is 10.2. The van der Waals surface area contributed by atoms with Crippen molar-refractivity contribution in [3.8, 4) is 17.6 Å². The summed E-state index contributed by atoms with van der Waals surface area (Å²) < 4.78 is 10.8. The minimum atomic E-state index is -0.107. The highest BCUT2D eigenvalue weighted by molar-refractivity contribution is 7.12. The molecule has 0 aliphatic heterocycles. The normalized spacial score (nSPS) is 10.0. The maximum absolute atomic E-state index is 12.4. The molecular weight excluding hydrogens is 312 g/mol. The van der Waals surface area contributed by atoms with E-state index >= 15 is 0 Å². The molecule has 0 radical (unpaired) electrons. The highest BCUT2D eigenvalue weighted by atomic mass is 32.1. The fourth-order valence-electron chi connectivity index (χ4n) is 2.13. The van der Waals surface area contributed by atoms with Crippen molar-refractivity contribution in [2.24, 2.45) is 0 Å². The Bertz CT molecular complexity index is 734. The van der Waals surface area contributed by atoms with Crippen molar-refractivity contribution in [3.05, 3.63) is 45.6 Å². The molecule has 0 saturated heterocycles. The van der Waals surface area contributed by atoms with Crippen LogP contribution < -0.4 is 9.47 Å². The summed E-state index contributed by atoms with van der Waals surface area (Å²) in [4.78, 5) is 14.5. The van der Waals surface area contributed by atoms with Crippen molar-refractivity contribution in [1.82, 2.24) is 4.90 Å². The lowest BCUT2D eigenvalue weighted by Crippen LogP contribution is -2.25. The molecule has 0 aliphatic carbocycles. The molecule has 0 fully saturated rings. The number of benzene rings is 1. The number of hydrogen-bond acceptors (Lipinski definition) is 5. The predicted molar refractivity (Wildman–Crippen MR) is 89.0 cm³/mol. The molecule has 1 aromatic heterocycles. The van der Waals surface area contributed by atoms with Gasteiger partial charge in [0.1, 0.15) is 6.07 Å². The van der Waals surface area contributed by atoms with Gasteiger partial charge in [0.2, 0.25) is 0 Å². The van der Waals surface area contributed by atoms with Crippen molar-refractivity contribution in [1.29, 1.82) is 5.26 Å². The molecule has 0 saturated carbocycles. The first-order valence-corrected chi connectivity index (χ1v) is 8.00. The van der Waals surface area contributed by atoms with Crippen LogP contribution in [0.5, 0.6) is 11.5 Å². The molecule has 1 aromatic carbocycles. The summed E-state index contributed by atoms with van der Waals surface area (Å²) in [6.45, 7) is 2.92. The van der Waals surface area contributed by atoms with E-state index in [1.165, 1.54) is 11.3 Å². The summed E-state index contributed by atoms with van der Waals surface area (Å²) in [7, 11) is 3.32. The average Bonchev–Trinajstić information content (AvgIpc) is 3.04. The molecule has 0 unspecified atom stereocenters. The predicted octanol–water partition coefficient (Wildman–Crippen LogP) is 3.30. The first-order chi connectivity index (χ1) is 11.1. The van der Waals surface area contributed by atoms with Gasteiger partial charge in [-0.05, 0) is 30.7 Å². The van der Waals surface area contributed by atoms with E-state index in [2.05, 4.69) is 0 Å². The molecule has 6 heteroatoms. The molecule has 2 aromatic rings. The number of hydrogen-bond donors (Lipinski definition) is 0. The Labute approximate surface area is 139 Å². The summed E-state index contributed by atoms with van der Waals surface area (Å²) in [6, 6.07) is 9.26. The SMILES string of the molecule is CCOc1ccc(CN(C)C(=O)c2cc(C#N)cs2)cc1OC. The molecule has 0 spiro atoms. The van der Waals surface area contributed by atoms with Crippen LogP contribution in [0.2, 0.25) is 0 Å². The quantitative estimate of drug-likeness (QED) is 0.815. The molecule has 1 heterocycles. The zero-order valence-corrected chi connectivity index (χ0v) is 14.1. The Morgan fingerprint density at radius 1 is 1.35 bits per heavy atom. The Morgan fingerprint density at radius 2 is 2.13 bits per heavy atom. The first-order valence-electron chi connectivity index (χ1n) is 7.12. The van der Waals surface area contributed by atoms with Gasteiger partial charge in [0.05, 0.1) is 24.2 Å². The van der Waals surface area contributed by atoms with Gasteiger partial charge in [0, 0.05) is 19.0 Å². The Balaban J connectivity index is 2.11. The number of nitrogens with zero attached hydrogens (tertiary/aromatic N) is 2. The van der Waals surface area contributed by atoms with Crippen molar-refractivity contribution in [2.75, 3.05) is 20.8 Å². The summed E-state index contributed by atoms with van der Waals surface area (Å²) in [5.41, 5.74) is 1.45. The van der Waals surface area contributed by atoms with Gasteiger partial charge in [-0.15, -0.1) is 11.3 Å². The Kier molecular flexibility index (Phi) is 5.61. The highest BCUT2D eigenvalue weighted by Crippen LogP contribution is 2.28. The van der Waals surface area contributed by atoms with Crippen LogP contribution in [0.3, 0.4) is 0 Å². The van der Waals surface area contributed by atoms with Crippen LogP contribution in [0.25, 0.3) is 0 Å². The second kappa shape index (κ2) is 7.65. The molecule has 0 N–H and O–H groups in total. The number of ether oxygens (including phenoxy) is 2. The minimum Gasteiger partial charge on any atom is -0.493 e. The van der Waals surface area contributed by atoms with E-state index in [1.54, 1.807) is 30.5 Å². The third-order valence-electron chi connectivity index (χ3n) is 3.23. The summed E-state index contributed by atoms with van der Waals surface area (Å²) in [6.07, 6.45) is 0. The van der Waals surface area contributed by atoms with Gasteiger partial charge in [0.15, 0.2) is 11.5 Å². The number of nitriles is 1. The van der Waals surface area contributed by atoms with E-state index < -0.39 is 0 Å². The first kappa shape index (κ1) is 16.8. The second-order valence-corrected chi connectivity index (χ2v) is 5.80. The maximum Gasteiger partial charge on any atom is 0.264 e. The summed E-state index contributed by atoms with van der Waals surface area (Å²) in [5, 5.41) is 10.5. The van der Waals surface area contributed by atoms with Gasteiger partial charge in [-0.3, -0.25) is 4.79 Å². The molecule has 1 amide bonds. The van der Waals surface area contributed by atoms with E-state index in [-0.39, 0.29) is 5.91 Å². The molecule has 0 bridgehead atoms. The van der Waals surface area contributed by atoms with Crippen LogP contribution in [-0.2, 0) is 6.54 Å². The van der Waals surface area contributed by atoms with Crippen molar-refractivity contribution in [3.63, 3.8) is 0 Å². The van der Waals surface area contributed by atoms with Crippen LogP contribution in [0.15, 0.2) is 29.6 Å². The number of rotatable bonds is 6. The zero-order chi connectivity index (χ0) is 16.8. The molecule has 2 rings (SSSR count). The van der Waals surface area contributed by atoms with E-state index in [0.29, 0.717) is 35.1 Å². The fraction of sp³-hybridized carbons (Fsp3) is 0.294. The number of carbonyl (C=O) groups excluding carboxylic acids is 1. The smallest absolute Gasteiger partial charge is 0.264 e. The van der Waals surface area contributed by atoms with E-state index in [9.17, 15) is 4.79 Å². The number of thiophene rings is 1. The number of amides is 1. The van der Waals surface area contributed by atoms with Crippen molar-refractivity contribution < 1.29 is 14.3 Å². The van der Waals surface area contributed by atoms with Crippen LogP contribution in [-0.4, -0.2) is 31.6 Å². The third kappa shape index (κ3) is 4.02. The monoisotopic (exact) mass is 330 g/mol. The van der Waals surface area contributed by atoms with E-state index in [0.717, 1.165) is 5.56 Å².